The first kappa shape index (κ1) is 25.0. The number of nitrogens with one attached hydrogen (secondary N) is 1. The third-order valence-electron chi connectivity index (χ3n) is 4.99. The summed E-state index contributed by atoms with van der Waals surface area (Å²) >= 11 is 12.4. The first-order valence-corrected chi connectivity index (χ1v) is 11.2. The molecule has 1 N–H and O–H groups in total. The SMILES string of the molecule is CCCNC(=O)[C@@H](CC)N(Cc1ccc(Cl)cc1Cl)C(=O)COc1cc(C)ccc1C. The molecule has 7 heteroatoms. The summed E-state index contributed by atoms with van der Waals surface area (Å²) < 4.78 is 5.83. The number of ether oxygens (including phenoxy) is 1. The Morgan fingerprint density at radius 2 is 1.84 bits per heavy atom. The Bertz CT molecular complexity index is 918. The molecule has 0 aliphatic rings. The summed E-state index contributed by atoms with van der Waals surface area (Å²) in [6, 6.07) is 10.3. The number of carbonyl (C=O) groups is 2. The second-order valence-corrected chi connectivity index (χ2v) is 8.37. The number of halogens is 2. The normalized spacial score (nSPS) is 11.7. The highest BCUT2D eigenvalue weighted by Crippen LogP contribution is 2.24. The lowest BCUT2D eigenvalue weighted by molar-refractivity contribution is -0.143. The van der Waals surface area contributed by atoms with Crippen LogP contribution in [0.1, 0.15) is 43.4 Å². The maximum atomic E-state index is 13.2. The molecule has 0 fully saturated rings. The highest BCUT2D eigenvalue weighted by molar-refractivity contribution is 6.35. The van der Waals surface area contributed by atoms with Gasteiger partial charge in [-0.1, -0.05) is 55.2 Å². The summed E-state index contributed by atoms with van der Waals surface area (Å²) in [5.41, 5.74) is 2.70. The Morgan fingerprint density at radius 3 is 2.48 bits per heavy atom. The maximum Gasteiger partial charge on any atom is 0.261 e. The molecular weight excluding hydrogens is 435 g/mol. The third-order valence-corrected chi connectivity index (χ3v) is 5.57. The Hall–Kier alpha value is -2.24. The van der Waals surface area contributed by atoms with Crippen LogP contribution in [0.3, 0.4) is 0 Å². The smallest absolute Gasteiger partial charge is 0.261 e. The summed E-state index contributed by atoms with van der Waals surface area (Å²) in [6.45, 7) is 8.32. The largest absolute Gasteiger partial charge is 0.483 e. The van der Waals surface area contributed by atoms with Crippen LogP contribution in [0.15, 0.2) is 36.4 Å². The molecule has 1 atom stereocenters. The van der Waals surface area contributed by atoms with Crippen LogP contribution >= 0.6 is 23.2 Å². The molecule has 0 aliphatic carbocycles. The lowest BCUT2D eigenvalue weighted by Crippen LogP contribution is -2.50. The summed E-state index contributed by atoms with van der Waals surface area (Å²) in [7, 11) is 0. The topological polar surface area (TPSA) is 58.6 Å². The van der Waals surface area contributed by atoms with Gasteiger partial charge in [-0.05, 0) is 61.6 Å². The van der Waals surface area contributed by atoms with Crippen LogP contribution in [-0.2, 0) is 16.1 Å². The molecule has 0 bridgehead atoms. The van der Waals surface area contributed by atoms with Crippen LogP contribution in [0.25, 0.3) is 0 Å². The van der Waals surface area contributed by atoms with Gasteiger partial charge in [0, 0.05) is 23.1 Å². The minimum Gasteiger partial charge on any atom is -0.483 e. The predicted molar refractivity (Wildman–Crippen MR) is 126 cm³/mol. The van der Waals surface area contributed by atoms with Crippen molar-refractivity contribution in [1.82, 2.24) is 10.2 Å². The van der Waals surface area contributed by atoms with Crippen molar-refractivity contribution in [3.63, 3.8) is 0 Å². The second-order valence-electron chi connectivity index (χ2n) is 7.53. The summed E-state index contributed by atoms with van der Waals surface area (Å²) in [6.07, 6.45) is 1.28. The van der Waals surface area contributed by atoms with Crippen LogP contribution in [0.2, 0.25) is 10.0 Å². The number of hydrogen-bond donors (Lipinski definition) is 1. The molecule has 5 nitrogen and oxygen atoms in total. The summed E-state index contributed by atoms with van der Waals surface area (Å²) in [5, 5.41) is 3.85. The van der Waals surface area contributed by atoms with Gasteiger partial charge in [-0.25, -0.2) is 0 Å². The van der Waals surface area contributed by atoms with Crippen LogP contribution in [0.5, 0.6) is 5.75 Å². The zero-order chi connectivity index (χ0) is 23.0. The Morgan fingerprint density at radius 1 is 1.10 bits per heavy atom. The monoisotopic (exact) mass is 464 g/mol. The summed E-state index contributed by atoms with van der Waals surface area (Å²) in [5.74, 6) is 0.182. The lowest BCUT2D eigenvalue weighted by atomic mass is 10.1. The molecule has 0 saturated heterocycles. The highest BCUT2D eigenvalue weighted by atomic mass is 35.5. The molecular formula is C24H30Cl2N2O3. The predicted octanol–water partition coefficient (Wildman–Crippen LogP) is 5.32. The van der Waals surface area contributed by atoms with Crippen LogP contribution in [0, 0.1) is 13.8 Å². The number of carbonyl (C=O) groups excluding carboxylic acids is 2. The minimum atomic E-state index is -0.631. The highest BCUT2D eigenvalue weighted by Gasteiger charge is 2.29. The van der Waals surface area contributed by atoms with E-state index in [2.05, 4.69) is 5.32 Å². The average molecular weight is 465 g/mol. The van der Waals surface area contributed by atoms with Crippen LogP contribution in [-0.4, -0.2) is 35.9 Å². The fraction of sp³-hybridized carbons (Fsp3) is 0.417. The van der Waals surface area contributed by atoms with Crippen molar-refractivity contribution >= 4 is 35.0 Å². The zero-order valence-electron chi connectivity index (χ0n) is 18.5. The van der Waals surface area contributed by atoms with Gasteiger partial charge in [0.1, 0.15) is 11.8 Å². The van der Waals surface area contributed by atoms with Crippen molar-refractivity contribution in [2.75, 3.05) is 13.2 Å². The molecule has 0 aliphatic heterocycles. The third kappa shape index (κ3) is 7.15. The number of nitrogens with zero attached hydrogens (tertiary/aromatic N) is 1. The van der Waals surface area contributed by atoms with Crippen molar-refractivity contribution in [2.24, 2.45) is 0 Å². The van der Waals surface area contributed by atoms with Gasteiger partial charge in [-0.2, -0.15) is 0 Å². The van der Waals surface area contributed by atoms with E-state index in [1.807, 2.05) is 45.9 Å². The van der Waals surface area contributed by atoms with Crippen molar-refractivity contribution in [3.05, 3.63) is 63.1 Å². The fourth-order valence-corrected chi connectivity index (χ4v) is 3.67. The van der Waals surface area contributed by atoms with E-state index in [0.717, 1.165) is 17.5 Å². The molecule has 0 heterocycles. The first-order valence-electron chi connectivity index (χ1n) is 10.5. The Kier molecular flexibility index (Phi) is 9.66. The van der Waals surface area contributed by atoms with E-state index in [1.165, 1.54) is 4.90 Å². The number of amides is 2. The van der Waals surface area contributed by atoms with Crippen molar-refractivity contribution in [1.29, 1.82) is 0 Å². The quantitative estimate of drug-likeness (QED) is 0.517. The standard InChI is InChI=1S/C24H30Cl2N2O3/c1-5-11-27-24(30)21(6-2)28(14-18-9-10-19(25)13-20(18)26)23(29)15-31-22-12-16(3)7-8-17(22)4/h7-10,12-13,21H,5-6,11,14-15H2,1-4H3,(H,27,30)/t21-/m1/s1. The van der Waals surface area contributed by atoms with E-state index in [0.29, 0.717) is 34.3 Å². The zero-order valence-corrected chi connectivity index (χ0v) is 20.0. The van der Waals surface area contributed by atoms with Crippen molar-refractivity contribution in [3.8, 4) is 5.75 Å². The molecule has 168 valence electrons. The summed E-state index contributed by atoms with van der Waals surface area (Å²) in [4.78, 5) is 27.5. The van der Waals surface area contributed by atoms with Gasteiger partial charge in [0.25, 0.3) is 5.91 Å². The molecule has 2 aromatic rings. The van der Waals surface area contributed by atoms with Gasteiger partial charge >= 0.3 is 0 Å². The van der Waals surface area contributed by atoms with E-state index in [-0.39, 0.29) is 25.0 Å². The first-order chi connectivity index (χ1) is 14.8. The minimum absolute atomic E-state index is 0.174. The van der Waals surface area contributed by atoms with Gasteiger partial charge in [-0.15, -0.1) is 0 Å². The van der Waals surface area contributed by atoms with Crippen LogP contribution in [0.4, 0.5) is 0 Å². The van der Waals surface area contributed by atoms with Gasteiger partial charge < -0.3 is 15.0 Å². The second kappa shape index (κ2) is 12.0. The molecule has 2 rings (SSSR count). The average Bonchev–Trinajstić information content (AvgIpc) is 2.73. The van der Waals surface area contributed by atoms with E-state index < -0.39 is 6.04 Å². The Balaban J connectivity index is 2.26. The Labute approximate surface area is 194 Å². The number of aryl methyl sites for hydroxylation is 2. The van der Waals surface area contributed by atoms with Gasteiger partial charge in [0.05, 0.1) is 0 Å². The number of rotatable bonds is 10. The van der Waals surface area contributed by atoms with E-state index in [1.54, 1.807) is 18.2 Å². The molecule has 2 amide bonds. The molecule has 0 aromatic heterocycles. The molecule has 0 unspecified atom stereocenters. The van der Waals surface area contributed by atoms with Crippen molar-refractivity contribution < 1.29 is 14.3 Å². The molecule has 0 radical (unpaired) electrons. The van der Waals surface area contributed by atoms with Gasteiger partial charge in [-0.3, -0.25) is 9.59 Å². The van der Waals surface area contributed by atoms with Gasteiger partial charge in [0.2, 0.25) is 5.91 Å². The number of benzene rings is 2. The molecule has 0 saturated carbocycles. The van der Waals surface area contributed by atoms with E-state index in [9.17, 15) is 9.59 Å². The van der Waals surface area contributed by atoms with E-state index in [4.69, 9.17) is 27.9 Å². The number of hydrogen-bond acceptors (Lipinski definition) is 3. The van der Waals surface area contributed by atoms with E-state index >= 15 is 0 Å². The van der Waals surface area contributed by atoms with Crippen LogP contribution < -0.4 is 10.1 Å². The molecule has 2 aromatic carbocycles. The maximum absolute atomic E-state index is 13.2. The van der Waals surface area contributed by atoms with Gasteiger partial charge in [0.15, 0.2) is 6.61 Å². The fourth-order valence-electron chi connectivity index (χ4n) is 3.20. The lowest BCUT2D eigenvalue weighted by Gasteiger charge is -2.31. The molecule has 0 spiro atoms. The van der Waals surface area contributed by atoms with Crippen molar-refractivity contribution in [2.45, 2.75) is 53.1 Å². The molecule has 31 heavy (non-hydrogen) atoms.